The SMILES string of the molecule is C#CC(CC)NC(=O)NC(C)c1nc(C(=O)O)cs1. The van der Waals surface area contributed by atoms with Crippen LogP contribution in [0.25, 0.3) is 0 Å². The van der Waals surface area contributed by atoms with Crippen molar-refractivity contribution < 1.29 is 14.7 Å². The van der Waals surface area contributed by atoms with Crippen LogP contribution in [0.3, 0.4) is 0 Å². The number of carboxylic acids is 1. The van der Waals surface area contributed by atoms with Crippen molar-refractivity contribution in [3.63, 3.8) is 0 Å². The topological polar surface area (TPSA) is 91.3 Å². The van der Waals surface area contributed by atoms with E-state index in [1.165, 1.54) is 16.7 Å². The highest BCUT2D eigenvalue weighted by Gasteiger charge is 2.16. The van der Waals surface area contributed by atoms with Gasteiger partial charge < -0.3 is 15.7 Å². The Morgan fingerprint density at radius 2 is 2.26 bits per heavy atom. The largest absolute Gasteiger partial charge is 0.476 e. The summed E-state index contributed by atoms with van der Waals surface area (Å²) in [6.45, 7) is 3.59. The van der Waals surface area contributed by atoms with E-state index >= 15 is 0 Å². The standard InChI is InChI=1S/C12H15N3O3S/c1-4-8(5-2)14-12(18)13-7(3)10-15-9(6-19-10)11(16)17/h1,6-8H,5H2,2-3H3,(H,16,17)(H2,13,14,18). The van der Waals surface area contributed by atoms with Crippen LogP contribution in [0.5, 0.6) is 0 Å². The van der Waals surface area contributed by atoms with Crippen molar-refractivity contribution in [2.75, 3.05) is 0 Å². The van der Waals surface area contributed by atoms with E-state index in [0.29, 0.717) is 11.4 Å². The van der Waals surface area contributed by atoms with Crippen LogP contribution in [0.15, 0.2) is 5.38 Å². The number of aromatic carboxylic acids is 1. The fraction of sp³-hybridized carbons (Fsp3) is 0.417. The van der Waals surface area contributed by atoms with Crippen molar-refractivity contribution in [2.24, 2.45) is 0 Å². The maximum absolute atomic E-state index is 11.6. The van der Waals surface area contributed by atoms with E-state index in [4.69, 9.17) is 11.5 Å². The molecule has 0 fully saturated rings. The van der Waals surface area contributed by atoms with Gasteiger partial charge in [0.25, 0.3) is 0 Å². The summed E-state index contributed by atoms with van der Waals surface area (Å²) in [5.74, 6) is 1.37. The predicted octanol–water partition coefficient (Wildman–Crippen LogP) is 1.61. The maximum atomic E-state index is 11.6. The van der Waals surface area contributed by atoms with Gasteiger partial charge in [0.2, 0.25) is 0 Å². The minimum absolute atomic E-state index is 0.0240. The van der Waals surface area contributed by atoms with E-state index in [1.807, 2.05) is 6.92 Å². The van der Waals surface area contributed by atoms with Gasteiger partial charge in [-0.1, -0.05) is 12.8 Å². The Balaban J connectivity index is 2.59. The zero-order chi connectivity index (χ0) is 14.4. The molecule has 0 aliphatic carbocycles. The number of nitrogens with zero attached hydrogens (tertiary/aromatic N) is 1. The smallest absolute Gasteiger partial charge is 0.355 e. The van der Waals surface area contributed by atoms with Crippen LogP contribution in [-0.4, -0.2) is 28.1 Å². The first kappa shape index (κ1) is 15.0. The van der Waals surface area contributed by atoms with Crippen molar-refractivity contribution in [2.45, 2.75) is 32.4 Å². The molecule has 0 spiro atoms. The van der Waals surface area contributed by atoms with Crippen LogP contribution in [0.1, 0.15) is 41.8 Å². The van der Waals surface area contributed by atoms with E-state index in [1.54, 1.807) is 6.92 Å². The Bertz CT molecular complexity index is 507. The Morgan fingerprint density at radius 3 is 2.74 bits per heavy atom. The van der Waals surface area contributed by atoms with E-state index < -0.39 is 12.0 Å². The van der Waals surface area contributed by atoms with Crippen molar-refractivity contribution in [3.05, 3.63) is 16.1 Å². The second-order valence-corrected chi connectivity index (χ2v) is 4.73. The molecule has 0 bridgehead atoms. The number of terminal acetylenes is 1. The summed E-state index contributed by atoms with van der Waals surface area (Å²) in [6, 6.07) is -1.10. The zero-order valence-corrected chi connectivity index (χ0v) is 11.5. The van der Waals surface area contributed by atoms with Crippen molar-refractivity contribution in [1.29, 1.82) is 0 Å². The number of thiazole rings is 1. The van der Waals surface area contributed by atoms with Crippen LogP contribution in [0.4, 0.5) is 4.79 Å². The van der Waals surface area contributed by atoms with Gasteiger partial charge in [-0.05, 0) is 13.3 Å². The zero-order valence-electron chi connectivity index (χ0n) is 10.6. The van der Waals surface area contributed by atoms with Gasteiger partial charge in [-0.3, -0.25) is 0 Å². The molecule has 0 saturated carbocycles. The maximum Gasteiger partial charge on any atom is 0.355 e. The number of rotatable bonds is 5. The Morgan fingerprint density at radius 1 is 1.58 bits per heavy atom. The quantitative estimate of drug-likeness (QED) is 0.715. The fourth-order valence-corrected chi connectivity index (χ4v) is 2.10. The molecule has 102 valence electrons. The summed E-state index contributed by atoms with van der Waals surface area (Å²) >= 11 is 1.18. The molecule has 3 N–H and O–H groups in total. The molecule has 19 heavy (non-hydrogen) atoms. The highest BCUT2D eigenvalue weighted by Crippen LogP contribution is 2.17. The number of amides is 2. The lowest BCUT2D eigenvalue weighted by atomic mass is 10.2. The Labute approximate surface area is 115 Å². The highest BCUT2D eigenvalue weighted by atomic mass is 32.1. The number of urea groups is 1. The second kappa shape index (κ2) is 6.75. The molecule has 0 radical (unpaired) electrons. The van der Waals surface area contributed by atoms with Crippen molar-refractivity contribution in [3.8, 4) is 12.3 Å². The number of hydrogen-bond acceptors (Lipinski definition) is 4. The van der Waals surface area contributed by atoms with Gasteiger partial charge in [-0.2, -0.15) is 0 Å². The number of carbonyl (C=O) groups is 2. The first-order valence-corrected chi connectivity index (χ1v) is 6.57. The summed E-state index contributed by atoms with van der Waals surface area (Å²) in [6.07, 6.45) is 5.88. The third-order valence-corrected chi connectivity index (χ3v) is 3.40. The lowest BCUT2D eigenvalue weighted by Gasteiger charge is -2.15. The number of aromatic nitrogens is 1. The summed E-state index contributed by atoms with van der Waals surface area (Å²) < 4.78 is 0. The second-order valence-electron chi connectivity index (χ2n) is 3.84. The lowest BCUT2D eigenvalue weighted by Crippen LogP contribution is -2.42. The van der Waals surface area contributed by atoms with Crippen LogP contribution < -0.4 is 10.6 Å². The number of carboxylic acid groups (broad SMARTS) is 1. The number of hydrogen-bond donors (Lipinski definition) is 3. The molecule has 0 aliphatic rings. The highest BCUT2D eigenvalue weighted by molar-refractivity contribution is 7.09. The third kappa shape index (κ3) is 4.26. The summed E-state index contributed by atoms with van der Waals surface area (Å²) in [5, 5.41) is 16.0. The van der Waals surface area contributed by atoms with Crippen molar-refractivity contribution >= 4 is 23.3 Å². The molecular weight excluding hydrogens is 266 g/mol. The van der Waals surface area contributed by atoms with E-state index in [2.05, 4.69) is 21.5 Å². The molecule has 1 aromatic heterocycles. The molecule has 7 heteroatoms. The third-order valence-electron chi connectivity index (χ3n) is 2.37. The molecule has 1 aromatic rings. The predicted molar refractivity (Wildman–Crippen MR) is 72.1 cm³/mol. The molecule has 2 unspecified atom stereocenters. The average Bonchev–Trinajstić information content (AvgIpc) is 2.85. The minimum atomic E-state index is -1.09. The van der Waals surface area contributed by atoms with Gasteiger partial charge in [-0.15, -0.1) is 17.8 Å². The molecule has 0 aliphatic heterocycles. The molecule has 0 saturated heterocycles. The Kier molecular flexibility index (Phi) is 5.33. The van der Waals surface area contributed by atoms with Crippen LogP contribution in [0, 0.1) is 12.3 Å². The van der Waals surface area contributed by atoms with Crippen LogP contribution >= 0.6 is 11.3 Å². The number of carbonyl (C=O) groups excluding carboxylic acids is 1. The van der Waals surface area contributed by atoms with Gasteiger partial charge in [0.05, 0.1) is 12.1 Å². The molecule has 1 heterocycles. The number of nitrogens with one attached hydrogen (secondary N) is 2. The molecule has 1 rings (SSSR count). The molecule has 0 aromatic carbocycles. The first-order valence-electron chi connectivity index (χ1n) is 5.69. The summed E-state index contributed by atoms with van der Waals surface area (Å²) in [5.41, 5.74) is -0.0240. The molecule has 2 amide bonds. The minimum Gasteiger partial charge on any atom is -0.476 e. The van der Waals surface area contributed by atoms with Gasteiger partial charge >= 0.3 is 12.0 Å². The van der Waals surface area contributed by atoms with Gasteiger partial charge in [-0.25, -0.2) is 14.6 Å². The molecule has 2 atom stereocenters. The Hall–Kier alpha value is -2.07. The molecule has 6 nitrogen and oxygen atoms in total. The summed E-state index contributed by atoms with van der Waals surface area (Å²) in [4.78, 5) is 26.3. The summed E-state index contributed by atoms with van der Waals surface area (Å²) in [7, 11) is 0. The first-order chi connectivity index (χ1) is 8.97. The van der Waals surface area contributed by atoms with E-state index in [9.17, 15) is 9.59 Å². The monoisotopic (exact) mass is 281 g/mol. The normalized spacial score (nSPS) is 13.1. The fourth-order valence-electron chi connectivity index (χ4n) is 1.30. The van der Waals surface area contributed by atoms with E-state index in [-0.39, 0.29) is 17.8 Å². The van der Waals surface area contributed by atoms with Gasteiger partial charge in [0.1, 0.15) is 5.01 Å². The van der Waals surface area contributed by atoms with Gasteiger partial charge in [0.15, 0.2) is 5.69 Å². The lowest BCUT2D eigenvalue weighted by molar-refractivity contribution is 0.0691. The van der Waals surface area contributed by atoms with Crippen LogP contribution in [-0.2, 0) is 0 Å². The van der Waals surface area contributed by atoms with Gasteiger partial charge in [0, 0.05) is 5.38 Å². The van der Waals surface area contributed by atoms with Crippen molar-refractivity contribution in [1.82, 2.24) is 15.6 Å². The van der Waals surface area contributed by atoms with Crippen LogP contribution in [0.2, 0.25) is 0 Å². The van der Waals surface area contributed by atoms with E-state index in [0.717, 1.165) is 0 Å². The molecular formula is C12H15N3O3S. The average molecular weight is 281 g/mol.